The van der Waals surface area contributed by atoms with Crippen molar-refractivity contribution in [1.29, 1.82) is 0 Å². The number of aromatic nitrogens is 3. The summed E-state index contributed by atoms with van der Waals surface area (Å²) in [5.74, 6) is 0.412. The first-order valence-electron chi connectivity index (χ1n) is 5.65. The van der Waals surface area contributed by atoms with Gasteiger partial charge in [0.1, 0.15) is 10.0 Å². The molecule has 2 rings (SSSR count). The average Bonchev–Trinajstić information content (AvgIpc) is 2.83. The fourth-order valence-electron chi connectivity index (χ4n) is 1.33. The molecule has 0 aliphatic rings. The maximum Gasteiger partial charge on any atom is 0.266 e. The number of carbonyl (C=O) groups is 1. The van der Waals surface area contributed by atoms with E-state index in [2.05, 4.69) is 20.5 Å². The van der Waals surface area contributed by atoms with Crippen LogP contribution in [0, 0.1) is 6.92 Å². The van der Waals surface area contributed by atoms with Gasteiger partial charge in [0, 0.05) is 18.5 Å². The van der Waals surface area contributed by atoms with Gasteiger partial charge in [0.15, 0.2) is 4.34 Å². The molecule has 0 fully saturated rings. The van der Waals surface area contributed by atoms with E-state index in [0.29, 0.717) is 17.9 Å². The maximum absolute atomic E-state index is 11.8. The Morgan fingerprint density at radius 3 is 3.00 bits per heavy atom. The molecule has 2 N–H and O–H groups in total. The van der Waals surface area contributed by atoms with Gasteiger partial charge in [-0.25, -0.2) is 0 Å². The van der Waals surface area contributed by atoms with E-state index in [1.165, 1.54) is 35.4 Å². The van der Waals surface area contributed by atoms with Crippen LogP contribution in [-0.2, 0) is 0 Å². The zero-order valence-corrected chi connectivity index (χ0v) is 12.9. The van der Waals surface area contributed by atoms with Gasteiger partial charge in [0.2, 0.25) is 0 Å². The normalized spacial score (nSPS) is 10.5. The second-order valence-electron chi connectivity index (χ2n) is 3.76. The molecule has 0 aliphatic carbocycles. The van der Waals surface area contributed by atoms with Crippen molar-refractivity contribution in [1.82, 2.24) is 20.5 Å². The largest absolute Gasteiger partial charge is 0.351 e. The highest BCUT2D eigenvalue weighted by Gasteiger charge is 2.08. The van der Waals surface area contributed by atoms with Gasteiger partial charge in [-0.3, -0.25) is 9.59 Å². The first-order valence-corrected chi connectivity index (χ1v) is 7.83. The molecule has 0 saturated heterocycles. The van der Waals surface area contributed by atoms with Crippen molar-refractivity contribution in [2.45, 2.75) is 11.3 Å². The minimum absolute atomic E-state index is 0.00337. The lowest BCUT2D eigenvalue weighted by molar-refractivity contribution is 0.0956. The first kappa shape index (κ1) is 15.0. The van der Waals surface area contributed by atoms with E-state index < -0.39 is 5.56 Å². The summed E-state index contributed by atoms with van der Waals surface area (Å²) in [5.41, 5.74) is -0.0863. The van der Waals surface area contributed by atoms with Gasteiger partial charge in [-0.15, -0.1) is 10.2 Å². The highest BCUT2D eigenvalue weighted by Crippen LogP contribution is 2.20. The minimum Gasteiger partial charge on any atom is -0.351 e. The number of aromatic amines is 1. The summed E-state index contributed by atoms with van der Waals surface area (Å²) in [6.45, 7) is 2.38. The van der Waals surface area contributed by atoms with Crippen molar-refractivity contribution >= 4 is 40.6 Å². The van der Waals surface area contributed by atoms with Crippen LogP contribution < -0.4 is 10.9 Å². The predicted octanol–water partition coefficient (Wildman–Crippen LogP) is 1.71. The number of thioether (sulfide) groups is 1. The van der Waals surface area contributed by atoms with Crippen LogP contribution in [0.2, 0.25) is 5.02 Å². The molecular formula is C11H11ClN4O2S2. The Kier molecular flexibility index (Phi) is 5.16. The molecule has 2 aromatic heterocycles. The quantitative estimate of drug-likeness (QED) is 0.643. The zero-order valence-electron chi connectivity index (χ0n) is 10.5. The molecule has 2 heterocycles. The fraction of sp³-hybridized carbons (Fsp3) is 0.273. The molecule has 6 nitrogen and oxygen atoms in total. The summed E-state index contributed by atoms with van der Waals surface area (Å²) in [4.78, 5) is 25.3. The first-order chi connectivity index (χ1) is 9.56. The van der Waals surface area contributed by atoms with Gasteiger partial charge in [-0.05, 0) is 13.0 Å². The maximum atomic E-state index is 11.8. The molecule has 106 valence electrons. The number of halogens is 1. The fourth-order valence-corrected chi connectivity index (χ4v) is 3.24. The number of carbonyl (C=O) groups excluding carboxylic acids is 1. The summed E-state index contributed by atoms with van der Waals surface area (Å²) in [6, 6.07) is 1.34. The minimum atomic E-state index is -0.412. The summed E-state index contributed by atoms with van der Waals surface area (Å²) in [6.07, 6.45) is 1.34. The lowest BCUT2D eigenvalue weighted by Crippen LogP contribution is -2.26. The number of nitrogens with zero attached hydrogens (tertiary/aromatic N) is 2. The third-order valence-corrected chi connectivity index (χ3v) is 4.50. The van der Waals surface area contributed by atoms with Gasteiger partial charge in [-0.1, -0.05) is 34.7 Å². The summed E-state index contributed by atoms with van der Waals surface area (Å²) in [7, 11) is 0. The Bertz CT molecular complexity index is 670. The van der Waals surface area contributed by atoms with Crippen molar-refractivity contribution < 1.29 is 4.79 Å². The van der Waals surface area contributed by atoms with Crippen LogP contribution in [0.1, 0.15) is 15.4 Å². The van der Waals surface area contributed by atoms with Crippen molar-refractivity contribution in [2.75, 3.05) is 12.3 Å². The van der Waals surface area contributed by atoms with Crippen LogP contribution in [0.4, 0.5) is 0 Å². The molecule has 0 spiro atoms. The second-order valence-corrected chi connectivity index (χ2v) is 6.69. The molecule has 9 heteroatoms. The molecule has 2 aromatic rings. The van der Waals surface area contributed by atoms with E-state index in [1.807, 2.05) is 6.92 Å². The lowest BCUT2D eigenvalue weighted by Gasteiger charge is -2.04. The van der Waals surface area contributed by atoms with Crippen molar-refractivity contribution in [3.8, 4) is 0 Å². The van der Waals surface area contributed by atoms with Crippen molar-refractivity contribution in [3.05, 3.63) is 38.2 Å². The van der Waals surface area contributed by atoms with Crippen molar-refractivity contribution in [3.63, 3.8) is 0 Å². The number of H-pyrrole nitrogens is 1. The Labute approximate surface area is 128 Å². The van der Waals surface area contributed by atoms with Gasteiger partial charge in [0.25, 0.3) is 11.5 Å². The molecule has 20 heavy (non-hydrogen) atoms. The Morgan fingerprint density at radius 1 is 1.55 bits per heavy atom. The topological polar surface area (TPSA) is 87.7 Å². The number of aryl methyl sites for hydroxylation is 1. The number of hydrogen-bond acceptors (Lipinski definition) is 6. The van der Waals surface area contributed by atoms with Crippen LogP contribution >= 0.6 is 34.7 Å². The van der Waals surface area contributed by atoms with E-state index in [4.69, 9.17) is 11.6 Å². The third kappa shape index (κ3) is 4.06. The number of rotatable bonds is 5. The Hall–Kier alpha value is -1.38. The molecule has 0 atom stereocenters. The van der Waals surface area contributed by atoms with Gasteiger partial charge in [0.05, 0.1) is 5.56 Å². The van der Waals surface area contributed by atoms with Crippen LogP contribution in [0.5, 0.6) is 0 Å². The summed E-state index contributed by atoms with van der Waals surface area (Å²) >= 11 is 8.71. The standard InChI is InChI=1S/C11H11ClN4O2S2/c1-6-15-16-11(20-6)19-3-2-13-9(17)7-4-8(12)10(18)14-5-7/h4-5H,2-3H2,1H3,(H,13,17)(H,14,18). The van der Waals surface area contributed by atoms with Crippen LogP contribution in [0.25, 0.3) is 0 Å². The summed E-state index contributed by atoms with van der Waals surface area (Å²) < 4.78 is 0.879. The molecule has 1 amide bonds. The number of pyridine rings is 1. The molecule has 0 bridgehead atoms. The molecule has 0 unspecified atom stereocenters. The van der Waals surface area contributed by atoms with E-state index in [0.717, 1.165) is 9.35 Å². The van der Waals surface area contributed by atoms with E-state index >= 15 is 0 Å². The summed E-state index contributed by atoms with van der Waals surface area (Å²) in [5, 5.41) is 11.5. The van der Waals surface area contributed by atoms with Crippen molar-refractivity contribution in [2.24, 2.45) is 0 Å². The van der Waals surface area contributed by atoms with E-state index in [9.17, 15) is 9.59 Å². The van der Waals surface area contributed by atoms with Crippen LogP contribution in [-0.4, -0.2) is 33.4 Å². The van der Waals surface area contributed by atoms with Gasteiger partial charge >= 0.3 is 0 Å². The van der Waals surface area contributed by atoms with Crippen LogP contribution in [0.3, 0.4) is 0 Å². The second kappa shape index (κ2) is 6.87. The molecule has 0 radical (unpaired) electrons. The van der Waals surface area contributed by atoms with Gasteiger partial charge in [-0.2, -0.15) is 0 Å². The van der Waals surface area contributed by atoms with Crippen LogP contribution in [0.15, 0.2) is 21.4 Å². The molecule has 0 aromatic carbocycles. The smallest absolute Gasteiger partial charge is 0.266 e. The lowest BCUT2D eigenvalue weighted by atomic mass is 10.3. The van der Waals surface area contributed by atoms with E-state index in [1.54, 1.807) is 0 Å². The molecule has 0 saturated carbocycles. The Morgan fingerprint density at radius 2 is 2.35 bits per heavy atom. The number of nitrogens with one attached hydrogen (secondary N) is 2. The number of amides is 1. The highest BCUT2D eigenvalue weighted by molar-refractivity contribution is 8.01. The number of hydrogen-bond donors (Lipinski definition) is 2. The average molecular weight is 331 g/mol. The molecule has 0 aliphatic heterocycles. The third-order valence-electron chi connectivity index (χ3n) is 2.24. The molecular weight excluding hydrogens is 320 g/mol. The highest BCUT2D eigenvalue weighted by atomic mass is 35.5. The van der Waals surface area contributed by atoms with Gasteiger partial charge < -0.3 is 10.3 Å². The monoisotopic (exact) mass is 330 g/mol. The van der Waals surface area contributed by atoms with E-state index in [-0.39, 0.29) is 10.9 Å². The Balaban J connectivity index is 1.80. The zero-order chi connectivity index (χ0) is 14.5. The SMILES string of the molecule is Cc1nnc(SCCNC(=O)c2c[nH]c(=O)c(Cl)c2)s1. The predicted molar refractivity (Wildman–Crippen MR) is 79.8 cm³/mol.